The smallest absolute Gasteiger partial charge is 0.251 e. The second-order valence-corrected chi connectivity index (χ2v) is 4.43. The van der Waals surface area contributed by atoms with Gasteiger partial charge in [0, 0.05) is 25.8 Å². The summed E-state index contributed by atoms with van der Waals surface area (Å²) in [7, 11) is 1.62. The summed E-state index contributed by atoms with van der Waals surface area (Å²) in [6, 6.07) is 4.86. The van der Waals surface area contributed by atoms with Gasteiger partial charge in [0.05, 0.1) is 3.57 Å². The molecule has 0 heterocycles. The Balaban J connectivity index is 2.50. The second kappa shape index (κ2) is 6.70. The van der Waals surface area contributed by atoms with Crippen molar-refractivity contribution in [3.63, 3.8) is 0 Å². The highest BCUT2D eigenvalue weighted by Gasteiger charge is 2.07. The van der Waals surface area contributed by atoms with Crippen molar-refractivity contribution < 1.29 is 14.6 Å². The van der Waals surface area contributed by atoms with E-state index in [0.29, 0.717) is 18.7 Å². The molecule has 0 radical (unpaired) electrons. The number of carbonyl (C=O) groups is 1. The van der Waals surface area contributed by atoms with Crippen molar-refractivity contribution >= 4 is 28.5 Å². The molecule has 0 aliphatic rings. The van der Waals surface area contributed by atoms with Crippen molar-refractivity contribution in [3.05, 3.63) is 27.3 Å². The molecule has 1 aromatic rings. The predicted molar refractivity (Wildman–Crippen MR) is 69.7 cm³/mol. The van der Waals surface area contributed by atoms with Gasteiger partial charge in [-0.15, -0.1) is 0 Å². The molecule has 0 saturated carbocycles. The Labute approximate surface area is 108 Å². The number of aromatic hydroxyl groups is 1. The average Bonchev–Trinajstić information content (AvgIpc) is 2.28. The molecule has 5 heteroatoms. The maximum absolute atomic E-state index is 11.6. The lowest BCUT2D eigenvalue weighted by Gasteiger charge is -2.05. The van der Waals surface area contributed by atoms with E-state index < -0.39 is 0 Å². The molecule has 2 N–H and O–H groups in total. The first-order valence-electron chi connectivity index (χ1n) is 4.91. The molecule has 4 nitrogen and oxygen atoms in total. The molecular weight excluding hydrogens is 321 g/mol. The first-order valence-corrected chi connectivity index (χ1v) is 5.98. The van der Waals surface area contributed by atoms with Crippen LogP contribution >= 0.6 is 22.6 Å². The Hall–Kier alpha value is -0.820. The Morgan fingerprint density at radius 3 is 2.94 bits per heavy atom. The lowest BCUT2D eigenvalue weighted by molar-refractivity contribution is 0.0948. The number of rotatable bonds is 5. The van der Waals surface area contributed by atoms with Crippen LogP contribution in [0, 0.1) is 3.57 Å². The van der Waals surface area contributed by atoms with Gasteiger partial charge in [-0.3, -0.25) is 4.79 Å². The summed E-state index contributed by atoms with van der Waals surface area (Å²) >= 11 is 2.01. The fourth-order valence-corrected chi connectivity index (χ4v) is 1.51. The quantitative estimate of drug-likeness (QED) is 0.637. The van der Waals surface area contributed by atoms with E-state index in [9.17, 15) is 9.90 Å². The summed E-state index contributed by atoms with van der Waals surface area (Å²) < 4.78 is 5.60. The summed E-state index contributed by atoms with van der Waals surface area (Å²) in [6.45, 7) is 1.19. The topological polar surface area (TPSA) is 58.6 Å². The highest BCUT2D eigenvalue weighted by molar-refractivity contribution is 14.1. The number of phenols is 1. The Morgan fingerprint density at radius 2 is 2.31 bits per heavy atom. The molecule has 88 valence electrons. The van der Waals surface area contributed by atoms with Gasteiger partial charge in [-0.25, -0.2) is 0 Å². The minimum absolute atomic E-state index is 0.130. The highest BCUT2D eigenvalue weighted by Crippen LogP contribution is 2.20. The molecule has 0 unspecified atom stereocenters. The fraction of sp³-hybridized carbons (Fsp3) is 0.364. The van der Waals surface area contributed by atoms with Gasteiger partial charge >= 0.3 is 0 Å². The minimum Gasteiger partial charge on any atom is -0.507 e. The second-order valence-electron chi connectivity index (χ2n) is 3.27. The molecule has 0 aliphatic carbocycles. The van der Waals surface area contributed by atoms with Gasteiger partial charge in [0.25, 0.3) is 5.91 Å². The van der Waals surface area contributed by atoms with Crippen molar-refractivity contribution in [2.45, 2.75) is 6.42 Å². The van der Waals surface area contributed by atoms with Gasteiger partial charge in [0.2, 0.25) is 0 Å². The average molecular weight is 335 g/mol. The lowest BCUT2D eigenvalue weighted by atomic mass is 10.2. The van der Waals surface area contributed by atoms with E-state index in [0.717, 1.165) is 9.99 Å². The molecule has 16 heavy (non-hydrogen) atoms. The third-order valence-corrected chi connectivity index (χ3v) is 2.93. The number of ether oxygens (including phenoxy) is 1. The number of halogens is 1. The number of amides is 1. The van der Waals surface area contributed by atoms with Crippen molar-refractivity contribution in [1.82, 2.24) is 5.32 Å². The minimum atomic E-state index is -0.178. The number of benzene rings is 1. The van der Waals surface area contributed by atoms with E-state index in [1.807, 2.05) is 22.6 Å². The van der Waals surface area contributed by atoms with Crippen LogP contribution in [0.5, 0.6) is 5.75 Å². The maximum Gasteiger partial charge on any atom is 0.251 e. The van der Waals surface area contributed by atoms with Crippen molar-refractivity contribution in [2.75, 3.05) is 20.3 Å². The number of carbonyl (C=O) groups excluding carboxylic acids is 1. The summed E-state index contributed by atoms with van der Waals surface area (Å²) in [4.78, 5) is 11.6. The van der Waals surface area contributed by atoms with E-state index in [-0.39, 0.29) is 11.7 Å². The standard InChI is InChI=1S/C11H14INO3/c1-16-6-2-5-13-11(15)8-3-4-9(12)10(14)7-8/h3-4,7,14H,2,5-6H2,1H3,(H,13,15). The fourth-order valence-electron chi connectivity index (χ4n) is 1.17. The van der Waals surface area contributed by atoms with Crippen LogP contribution in [0.25, 0.3) is 0 Å². The largest absolute Gasteiger partial charge is 0.507 e. The van der Waals surface area contributed by atoms with Crippen LogP contribution in [-0.4, -0.2) is 31.3 Å². The van der Waals surface area contributed by atoms with E-state index in [1.165, 1.54) is 6.07 Å². The lowest BCUT2D eigenvalue weighted by Crippen LogP contribution is -2.25. The van der Waals surface area contributed by atoms with E-state index in [1.54, 1.807) is 19.2 Å². The van der Waals surface area contributed by atoms with Crippen LogP contribution in [0.15, 0.2) is 18.2 Å². The van der Waals surface area contributed by atoms with E-state index in [2.05, 4.69) is 5.32 Å². The summed E-state index contributed by atoms with van der Waals surface area (Å²) in [5, 5.41) is 12.2. The number of methoxy groups -OCH3 is 1. The van der Waals surface area contributed by atoms with Crippen LogP contribution in [0.1, 0.15) is 16.8 Å². The first kappa shape index (κ1) is 13.2. The first-order chi connectivity index (χ1) is 7.65. The van der Waals surface area contributed by atoms with Crippen LogP contribution in [0.3, 0.4) is 0 Å². The molecule has 0 bridgehead atoms. The molecule has 0 aromatic heterocycles. The monoisotopic (exact) mass is 335 g/mol. The molecule has 0 fully saturated rings. The Morgan fingerprint density at radius 1 is 1.56 bits per heavy atom. The molecule has 1 rings (SSSR count). The van der Waals surface area contributed by atoms with Crippen LogP contribution < -0.4 is 5.32 Å². The van der Waals surface area contributed by atoms with Crippen LogP contribution in [0.2, 0.25) is 0 Å². The molecule has 0 atom stereocenters. The van der Waals surface area contributed by atoms with Gasteiger partial charge in [-0.2, -0.15) is 0 Å². The molecule has 0 spiro atoms. The number of hydrogen-bond acceptors (Lipinski definition) is 3. The Bertz CT molecular complexity index is 368. The summed E-state index contributed by atoms with van der Waals surface area (Å²) in [6.07, 6.45) is 0.776. The van der Waals surface area contributed by atoms with E-state index >= 15 is 0 Å². The van der Waals surface area contributed by atoms with Crippen molar-refractivity contribution in [1.29, 1.82) is 0 Å². The third kappa shape index (κ3) is 3.97. The molecule has 1 aromatic carbocycles. The zero-order chi connectivity index (χ0) is 12.0. The predicted octanol–water partition coefficient (Wildman–Crippen LogP) is 1.76. The van der Waals surface area contributed by atoms with Gasteiger partial charge in [0.1, 0.15) is 5.75 Å². The Kier molecular flexibility index (Phi) is 5.54. The normalized spacial score (nSPS) is 10.1. The van der Waals surface area contributed by atoms with Crippen molar-refractivity contribution in [2.24, 2.45) is 0 Å². The number of hydrogen-bond donors (Lipinski definition) is 2. The molecule has 0 saturated heterocycles. The molecular formula is C11H14INO3. The zero-order valence-corrected chi connectivity index (χ0v) is 11.2. The van der Waals surface area contributed by atoms with Crippen molar-refractivity contribution in [3.8, 4) is 5.75 Å². The zero-order valence-electron chi connectivity index (χ0n) is 9.00. The van der Waals surface area contributed by atoms with Gasteiger partial charge < -0.3 is 15.2 Å². The highest BCUT2D eigenvalue weighted by atomic mass is 127. The van der Waals surface area contributed by atoms with Gasteiger partial charge in [-0.1, -0.05) is 0 Å². The summed E-state index contributed by atoms with van der Waals surface area (Å²) in [5.74, 6) is -0.0482. The number of nitrogens with one attached hydrogen (secondary N) is 1. The van der Waals surface area contributed by atoms with Crippen LogP contribution in [-0.2, 0) is 4.74 Å². The van der Waals surface area contributed by atoms with Crippen LogP contribution in [0.4, 0.5) is 0 Å². The molecule has 1 amide bonds. The third-order valence-electron chi connectivity index (χ3n) is 2.02. The summed E-state index contributed by atoms with van der Waals surface area (Å²) in [5.41, 5.74) is 0.468. The molecule has 0 aliphatic heterocycles. The van der Waals surface area contributed by atoms with Gasteiger partial charge in [0.15, 0.2) is 0 Å². The van der Waals surface area contributed by atoms with E-state index in [4.69, 9.17) is 4.74 Å². The van der Waals surface area contributed by atoms with Gasteiger partial charge in [-0.05, 0) is 47.2 Å². The maximum atomic E-state index is 11.6. The number of phenolic OH excluding ortho intramolecular Hbond substituents is 1. The SMILES string of the molecule is COCCCNC(=O)c1ccc(I)c(O)c1.